The van der Waals surface area contributed by atoms with Gasteiger partial charge in [-0.2, -0.15) is 5.10 Å². The Kier molecular flexibility index (Phi) is 3.48. The molecule has 1 saturated heterocycles. The molecule has 3 rings (SSSR count). The summed E-state index contributed by atoms with van der Waals surface area (Å²) < 4.78 is 0. The summed E-state index contributed by atoms with van der Waals surface area (Å²) >= 11 is 0. The van der Waals surface area contributed by atoms with Crippen LogP contribution < -0.4 is 5.32 Å². The van der Waals surface area contributed by atoms with Crippen molar-refractivity contribution in [2.45, 2.75) is 32.4 Å². The third kappa shape index (κ3) is 2.77. The molecular formula is C14H21N5. The standard InChI is InChI=1S/C14H21N5/c1-10-13-6-11(7-16-14(13)18-17-10)8-19(2)9-12-4-3-5-15-12/h6-7,12,15H,3-5,8-9H2,1-2H3,(H,16,17,18)/t12-/m1/s1. The van der Waals surface area contributed by atoms with Gasteiger partial charge in [0.25, 0.3) is 0 Å². The smallest absolute Gasteiger partial charge is 0.181 e. The lowest BCUT2D eigenvalue weighted by molar-refractivity contribution is 0.293. The average Bonchev–Trinajstić information content (AvgIpc) is 3.00. The van der Waals surface area contributed by atoms with Crippen LogP contribution in [0.1, 0.15) is 24.1 Å². The zero-order valence-corrected chi connectivity index (χ0v) is 11.6. The van der Waals surface area contributed by atoms with Gasteiger partial charge in [-0.25, -0.2) is 4.98 Å². The molecule has 2 N–H and O–H groups in total. The topological polar surface area (TPSA) is 56.8 Å². The maximum atomic E-state index is 4.40. The predicted molar refractivity (Wildman–Crippen MR) is 76.0 cm³/mol. The number of hydrogen-bond acceptors (Lipinski definition) is 4. The van der Waals surface area contributed by atoms with Gasteiger partial charge < -0.3 is 10.2 Å². The van der Waals surface area contributed by atoms with Crippen LogP contribution in [0.3, 0.4) is 0 Å². The second kappa shape index (κ2) is 5.27. The second-order valence-corrected chi connectivity index (χ2v) is 5.55. The minimum Gasteiger partial charge on any atom is -0.313 e. The van der Waals surface area contributed by atoms with E-state index in [1.165, 1.54) is 24.9 Å². The number of likely N-dealkylation sites (N-methyl/N-ethyl adjacent to an activating group) is 1. The fraction of sp³-hybridized carbons (Fsp3) is 0.571. The first-order valence-corrected chi connectivity index (χ1v) is 6.94. The van der Waals surface area contributed by atoms with E-state index in [1.54, 1.807) is 0 Å². The molecule has 0 radical (unpaired) electrons. The summed E-state index contributed by atoms with van der Waals surface area (Å²) in [5, 5.41) is 11.8. The molecule has 5 heteroatoms. The van der Waals surface area contributed by atoms with Gasteiger partial charge in [-0.1, -0.05) is 0 Å². The zero-order valence-electron chi connectivity index (χ0n) is 11.6. The molecule has 0 aromatic carbocycles. The van der Waals surface area contributed by atoms with Gasteiger partial charge >= 0.3 is 0 Å². The summed E-state index contributed by atoms with van der Waals surface area (Å²) in [4.78, 5) is 6.76. The lowest BCUT2D eigenvalue weighted by Gasteiger charge is -2.20. The number of aryl methyl sites for hydroxylation is 1. The molecule has 5 nitrogen and oxygen atoms in total. The number of fused-ring (bicyclic) bond motifs is 1. The Hall–Kier alpha value is -1.46. The highest BCUT2D eigenvalue weighted by Crippen LogP contribution is 2.16. The van der Waals surface area contributed by atoms with Crippen LogP contribution in [-0.4, -0.2) is 46.3 Å². The summed E-state index contributed by atoms with van der Waals surface area (Å²) in [6, 6.07) is 2.84. The maximum absolute atomic E-state index is 4.40. The van der Waals surface area contributed by atoms with Crippen LogP contribution in [0.2, 0.25) is 0 Å². The first-order valence-electron chi connectivity index (χ1n) is 6.94. The van der Waals surface area contributed by atoms with Crippen LogP contribution in [-0.2, 0) is 6.54 Å². The number of pyridine rings is 1. The number of rotatable bonds is 4. The van der Waals surface area contributed by atoms with Crippen molar-refractivity contribution in [2.24, 2.45) is 0 Å². The number of aromatic amines is 1. The van der Waals surface area contributed by atoms with Gasteiger partial charge in [0.2, 0.25) is 0 Å². The fourth-order valence-corrected chi connectivity index (χ4v) is 2.81. The Morgan fingerprint density at radius 2 is 2.37 bits per heavy atom. The number of aromatic nitrogens is 3. The summed E-state index contributed by atoms with van der Waals surface area (Å²) in [7, 11) is 2.17. The molecule has 1 aliphatic heterocycles. The molecule has 0 spiro atoms. The van der Waals surface area contributed by atoms with E-state index >= 15 is 0 Å². The van der Waals surface area contributed by atoms with E-state index in [0.717, 1.165) is 29.8 Å². The van der Waals surface area contributed by atoms with Crippen LogP contribution in [0, 0.1) is 6.92 Å². The van der Waals surface area contributed by atoms with E-state index in [2.05, 4.69) is 38.5 Å². The molecule has 2 aromatic rings. The second-order valence-electron chi connectivity index (χ2n) is 5.55. The summed E-state index contributed by atoms with van der Waals surface area (Å²) in [5.74, 6) is 0. The molecule has 0 unspecified atom stereocenters. The van der Waals surface area contributed by atoms with Gasteiger partial charge in [-0.05, 0) is 45.0 Å². The molecule has 1 aliphatic rings. The van der Waals surface area contributed by atoms with Crippen molar-refractivity contribution in [3.05, 3.63) is 23.5 Å². The molecule has 3 heterocycles. The Morgan fingerprint density at radius 1 is 1.47 bits per heavy atom. The van der Waals surface area contributed by atoms with E-state index in [4.69, 9.17) is 0 Å². The normalized spacial score (nSPS) is 19.6. The van der Waals surface area contributed by atoms with Crippen LogP contribution in [0.4, 0.5) is 0 Å². The highest BCUT2D eigenvalue weighted by molar-refractivity contribution is 5.77. The minimum absolute atomic E-state index is 0.650. The molecule has 102 valence electrons. The molecule has 0 amide bonds. The average molecular weight is 259 g/mol. The Bertz CT molecular complexity index is 556. The third-order valence-electron chi connectivity index (χ3n) is 3.80. The van der Waals surface area contributed by atoms with Gasteiger partial charge in [-0.15, -0.1) is 0 Å². The SMILES string of the molecule is Cc1[nH]nc2ncc(CN(C)C[C@H]3CCCN3)cc12. The van der Waals surface area contributed by atoms with Crippen molar-refractivity contribution >= 4 is 11.0 Å². The number of nitrogens with one attached hydrogen (secondary N) is 2. The Morgan fingerprint density at radius 3 is 3.16 bits per heavy atom. The van der Waals surface area contributed by atoms with Gasteiger partial charge in [0.1, 0.15) is 0 Å². The lowest BCUT2D eigenvalue weighted by atomic mass is 10.2. The lowest BCUT2D eigenvalue weighted by Crippen LogP contribution is -2.34. The first-order chi connectivity index (χ1) is 9.22. The van der Waals surface area contributed by atoms with E-state index < -0.39 is 0 Å². The summed E-state index contributed by atoms with van der Waals surface area (Å²) in [5.41, 5.74) is 3.14. The molecule has 1 fully saturated rings. The van der Waals surface area contributed by atoms with Crippen molar-refractivity contribution < 1.29 is 0 Å². The van der Waals surface area contributed by atoms with Gasteiger partial charge in [0.05, 0.1) is 0 Å². The quantitative estimate of drug-likeness (QED) is 0.872. The van der Waals surface area contributed by atoms with Gasteiger partial charge in [0.15, 0.2) is 5.65 Å². The molecule has 1 atom stereocenters. The van der Waals surface area contributed by atoms with Crippen LogP contribution in [0.25, 0.3) is 11.0 Å². The highest BCUT2D eigenvalue weighted by atomic mass is 15.2. The molecule has 2 aromatic heterocycles. The van der Waals surface area contributed by atoms with E-state index in [-0.39, 0.29) is 0 Å². The number of hydrogen-bond donors (Lipinski definition) is 2. The highest BCUT2D eigenvalue weighted by Gasteiger charge is 2.16. The summed E-state index contributed by atoms with van der Waals surface area (Å²) in [6.07, 6.45) is 4.53. The number of nitrogens with zero attached hydrogens (tertiary/aromatic N) is 3. The van der Waals surface area contributed by atoms with Crippen LogP contribution in [0.5, 0.6) is 0 Å². The molecule has 0 saturated carbocycles. The Balaban J connectivity index is 1.68. The monoisotopic (exact) mass is 259 g/mol. The first kappa shape index (κ1) is 12.6. The summed E-state index contributed by atoms with van der Waals surface area (Å²) in [6.45, 7) is 5.24. The third-order valence-corrected chi connectivity index (χ3v) is 3.80. The van der Waals surface area contributed by atoms with Crippen molar-refractivity contribution in [1.29, 1.82) is 0 Å². The predicted octanol–water partition coefficient (Wildman–Crippen LogP) is 1.45. The minimum atomic E-state index is 0.650. The van der Waals surface area contributed by atoms with Crippen molar-refractivity contribution in [1.82, 2.24) is 25.4 Å². The van der Waals surface area contributed by atoms with Crippen molar-refractivity contribution in [3.63, 3.8) is 0 Å². The maximum Gasteiger partial charge on any atom is 0.181 e. The van der Waals surface area contributed by atoms with Crippen molar-refractivity contribution in [2.75, 3.05) is 20.1 Å². The van der Waals surface area contributed by atoms with E-state index in [1.807, 2.05) is 13.1 Å². The molecular weight excluding hydrogens is 238 g/mol. The number of H-pyrrole nitrogens is 1. The van der Waals surface area contributed by atoms with Gasteiger partial charge in [0, 0.05) is 36.4 Å². The largest absolute Gasteiger partial charge is 0.313 e. The molecule has 0 bridgehead atoms. The van der Waals surface area contributed by atoms with Crippen LogP contribution >= 0.6 is 0 Å². The van der Waals surface area contributed by atoms with Crippen molar-refractivity contribution in [3.8, 4) is 0 Å². The van der Waals surface area contributed by atoms with E-state index in [0.29, 0.717) is 6.04 Å². The fourth-order valence-electron chi connectivity index (χ4n) is 2.81. The van der Waals surface area contributed by atoms with E-state index in [9.17, 15) is 0 Å². The molecule has 19 heavy (non-hydrogen) atoms. The molecule has 0 aliphatic carbocycles. The Labute approximate surface area is 113 Å². The van der Waals surface area contributed by atoms with Gasteiger partial charge in [-0.3, -0.25) is 5.10 Å². The van der Waals surface area contributed by atoms with Crippen LogP contribution in [0.15, 0.2) is 12.3 Å². The zero-order chi connectivity index (χ0) is 13.2.